The van der Waals surface area contributed by atoms with Crippen molar-refractivity contribution in [3.63, 3.8) is 0 Å². The molecule has 2 heterocycles. The van der Waals surface area contributed by atoms with Crippen molar-refractivity contribution in [3.05, 3.63) is 35.9 Å². The summed E-state index contributed by atoms with van der Waals surface area (Å²) in [7, 11) is 0. The normalized spacial score (nSPS) is 30.9. The lowest BCUT2D eigenvalue weighted by molar-refractivity contribution is -0.141. The molecule has 0 unspecified atom stereocenters. The van der Waals surface area contributed by atoms with E-state index in [0.717, 1.165) is 64.3 Å². The van der Waals surface area contributed by atoms with Gasteiger partial charge in [0, 0.05) is 31.0 Å². The van der Waals surface area contributed by atoms with Gasteiger partial charge in [0.05, 0.1) is 0 Å². The minimum atomic E-state index is -0.282. The van der Waals surface area contributed by atoms with Crippen LogP contribution in [0.15, 0.2) is 30.3 Å². The number of carbonyl (C=O) groups is 2. The van der Waals surface area contributed by atoms with Crippen molar-refractivity contribution in [2.75, 3.05) is 13.1 Å². The third kappa shape index (κ3) is 4.21. The first-order valence-corrected chi connectivity index (χ1v) is 11.9. The van der Waals surface area contributed by atoms with E-state index < -0.39 is 0 Å². The lowest BCUT2D eigenvalue weighted by Gasteiger charge is -2.52. The van der Waals surface area contributed by atoms with E-state index in [1.807, 2.05) is 6.07 Å². The molecule has 0 aromatic heterocycles. The minimum absolute atomic E-state index is 0.0222. The van der Waals surface area contributed by atoms with Crippen LogP contribution in [0.4, 0.5) is 4.79 Å². The van der Waals surface area contributed by atoms with Crippen LogP contribution in [0, 0.1) is 11.8 Å². The van der Waals surface area contributed by atoms with Crippen LogP contribution >= 0.6 is 0 Å². The van der Waals surface area contributed by atoms with Gasteiger partial charge in [-0.05, 0) is 62.8 Å². The van der Waals surface area contributed by atoms with Gasteiger partial charge in [0.1, 0.15) is 6.10 Å². The topological polar surface area (TPSA) is 58.6 Å². The van der Waals surface area contributed by atoms with Gasteiger partial charge in [-0.3, -0.25) is 4.79 Å². The van der Waals surface area contributed by atoms with Crippen LogP contribution in [0.25, 0.3) is 0 Å². The third-order valence-electron chi connectivity index (χ3n) is 7.65. The van der Waals surface area contributed by atoms with Gasteiger partial charge in [-0.1, -0.05) is 43.7 Å². The summed E-state index contributed by atoms with van der Waals surface area (Å²) in [6, 6.07) is 10.6. The summed E-state index contributed by atoms with van der Waals surface area (Å²) >= 11 is 0. The van der Waals surface area contributed by atoms with Crippen molar-refractivity contribution in [2.45, 2.75) is 82.8 Å². The number of amides is 2. The second-order valence-corrected chi connectivity index (χ2v) is 9.37. The first kappa shape index (κ1) is 21.2. The van der Waals surface area contributed by atoms with Crippen molar-refractivity contribution >= 4 is 12.0 Å². The first-order chi connectivity index (χ1) is 14.6. The molecular weight excluding hydrogens is 376 g/mol. The summed E-state index contributed by atoms with van der Waals surface area (Å²) in [6.45, 7) is 3.68. The van der Waals surface area contributed by atoms with E-state index in [2.05, 4.69) is 41.4 Å². The van der Waals surface area contributed by atoms with E-state index in [-0.39, 0.29) is 23.7 Å². The molecule has 1 aromatic rings. The Morgan fingerprint density at radius 2 is 2.03 bits per heavy atom. The highest BCUT2D eigenvalue weighted by Crippen LogP contribution is 2.53. The maximum atomic E-state index is 12.8. The fraction of sp³-hybridized carbons (Fsp3) is 0.680. The van der Waals surface area contributed by atoms with Gasteiger partial charge in [-0.15, -0.1) is 0 Å². The third-order valence-corrected chi connectivity index (χ3v) is 7.65. The second-order valence-electron chi connectivity index (χ2n) is 9.37. The Balaban J connectivity index is 1.58. The zero-order valence-corrected chi connectivity index (χ0v) is 18.3. The average molecular weight is 413 g/mol. The summed E-state index contributed by atoms with van der Waals surface area (Å²) in [5, 5.41) is 2.93. The zero-order chi connectivity index (χ0) is 21.0. The Kier molecular flexibility index (Phi) is 6.64. The minimum Gasteiger partial charge on any atom is -0.446 e. The summed E-state index contributed by atoms with van der Waals surface area (Å²) < 4.78 is 6.03. The SMILES string of the molecule is CCCCNC(=O)O[C@H]1CC[C@@]23CCCN2C(=O)CCC[C@H]3[C@H]1Cc1ccccc1. The number of ether oxygens (including phenoxy) is 1. The van der Waals surface area contributed by atoms with Crippen LogP contribution < -0.4 is 5.32 Å². The van der Waals surface area contributed by atoms with Crippen LogP contribution in [-0.2, 0) is 16.0 Å². The Labute approximate surface area is 180 Å². The molecule has 5 nitrogen and oxygen atoms in total. The molecule has 30 heavy (non-hydrogen) atoms. The largest absolute Gasteiger partial charge is 0.446 e. The Morgan fingerprint density at radius 3 is 2.83 bits per heavy atom. The number of nitrogens with zero attached hydrogens (tertiary/aromatic N) is 1. The van der Waals surface area contributed by atoms with Crippen molar-refractivity contribution in [1.29, 1.82) is 0 Å². The fourth-order valence-electron chi connectivity index (χ4n) is 6.31. The van der Waals surface area contributed by atoms with Gasteiger partial charge in [-0.2, -0.15) is 0 Å². The number of nitrogens with one attached hydrogen (secondary N) is 1. The number of alkyl carbamates (subject to hydrolysis) is 1. The molecule has 2 amide bonds. The summed E-state index contributed by atoms with van der Waals surface area (Å²) in [6.07, 6.45) is 9.23. The number of carbonyl (C=O) groups excluding carboxylic acids is 2. The van der Waals surface area contributed by atoms with Gasteiger partial charge in [0.25, 0.3) is 0 Å². The molecule has 1 aliphatic carbocycles. The van der Waals surface area contributed by atoms with Crippen LogP contribution in [-0.4, -0.2) is 41.6 Å². The highest BCUT2D eigenvalue weighted by molar-refractivity contribution is 5.78. The molecule has 2 saturated heterocycles. The molecule has 0 radical (unpaired) electrons. The van der Waals surface area contributed by atoms with E-state index in [1.165, 1.54) is 5.56 Å². The molecule has 3 fully saturated rings. The smallest absolute Gasteiger partial charge is 0.407 e. The molecule has 3 aliphatic rings. The highest BCUT2D eigenvalue weighted by atomic mass is 16.6. The second kappa shape index (κ2) is 9.40. The van der Waals surface area contributed by atoms with Crippen molar-refractivity contribution in [3.8, 4) is 0 Å². The monoisotopic (exact) mass is 412 g/mol. The highest BCUT2D eigenvalue weighted by Gasteiger charge is 2.56. The Morgan fingerprint density at radius 1 is 1.20 bits per heavy atom. The quantitative estimate of drug-likeness (QED) is 0.689. The zero-order valence-electron chi connectivity index (χ0n) is 18.3. The number of hydrogen-bond donors (Lipinski definition) is 1. The van der Waals surface area contributed by atoms with Gasteiger partial charge >= 0.3 is 6.09 Å². The molecule has 4 atom stereocenters. The summed E-state index contributed by atoms with van der Waals surface area (Å²) in [5.74, 6) is 0.989. The van der Waals surface area contributed by atoms with Crippen molar-refractivity contribution < 1.29 is 14.3 Å². The standard InChI is InChI=1S/C25H36N2O3/c1-2-3-16-26-24(29)30-22-13-15-25-14-8-17-27(25)23(28)12-7-11-21(25)20(22)18-19-9-5-4-6-10-19/h4-6,9-10,20-22H,2-3,7-8,11-18H2,1H3,(H,26,29)/t20-,21+,22+,25-/m1/s1. The van der Waals surface area contributed by atoms with Crippen LogP contribution in [0.5, 0.6) is 0 Å². The number of hydrogen-bond acceptors (Lipinski definition) is 3. The van der Waals surface area contributed by atoms with Gasteiger partial charge in [-0.25, -0.2) is 4.79 Å². The fourth-order valence-corrected chi connectivity index (χ4v) is 6.31. The molecular formula is C25H36N2O3. The summed E-state index contributed by atoms with van der Waals surface area (Å²) in [4.78, 5) is 27.6. The predicted molar refractivity (Wildman–Crippen MR) is 117 cm³/mol. The van der Waals surface area contributed by atoms with E-state index in [1.54, 1.807) is 0 Å². The van der Waals surface area contributed by atoms with Crippen LogP contribution in [0.3, 0.4) is 0 Å². The van der Waals surface area contributed by atoms with Gasteiger partial charge < -0.3 is 15.0 Å². The van der Waals surface area contributed by atoms with Gasteiger partial charge in [0.2, 0.25) is 5.91 Å². The maximum absolute atomic E-state index is 12.8. The number of unbranched alkanes of at least 4 members (excludes halogenated alkanes) is 1. The average Bonchev–Trinajstić information content (AvgIpc) is 3.11. The molecule has 2 aliphatic heterocycles. The van der Waals surface area contributed by atoms with Gasteiger partial charge in [0.15, 0.2) is 0 Å². The van der Waals surface area contributed by atoms with E-state index in [0.29, 0.717) is 24.8 Å². The van der Waals surface area contributed by atoms with E-state index in [4.69, 9.17) is 4.74 Å². The Bertz CT molecular complexity index is 737. The molecule has 0 bridgehead atoms. The molecule has 1 N–H and O–H groups in total. The van der Waals surface area contributed by atoms with Crippen LogP contribution in [0.2, 0.25) is 0 Å². The lowest BCUT2D eigenvalue weighted by atomic mass is 9.62. The number of benzene rings is 1. The predicted octanol–water partition coefficient (Wildman–Crippen LogP) is 4.70. The molecule has 1 aromatic carbocycles. The van der Waals surface area contributed by atoms with E-state index >= 15 is 0 Å². The molecule has 1 spiro atoms. The maximum Gasteiger partial charge on any atom is 0.407 e. The molecule has 164 valence electrons. The van der Waals surface area contributed by atoms with Crippen molar-refractivity contribution in [2.24, 2.45) is 11.8 Å². The first-order valence-electron chi connectivity index (χ1n) is 11.9. The van der Waals surface area contributed by atoms with Crippen molar-refractivity contribution in [1.82, 2.24) is 10.2 Å². The van der Waals surface area contributed by atoms with Crippen LogP contribution in [0.1, 0.15) is 70.3 Å². The molecule has 5 heteroatoms. The molecule has 4 rings (SSSR count). The van der Waals surface area contributed by atoms with E-state index in [9.17, 15) is 9.59 Å². The Hall–Kier alpha value is -2.04. The summed E-state index contributed by atoms with van der Waals surface area (Å²) in [5.41, 5.74) is 1.27. The number of rotatable bonds is 6. The lowest BCUT2D eigenvalue weighted by Crippen LogP contribution is -2.59. The molecule has 1 saturated carbocycles.